The number of rotatable bonds is 12. The van der Waals surface area contributed by atoms with Gasteiger partial charge in [-0.3, -0.25) is 9.80 Å². The summed E-state index contributed by atoms with van der Waals surface area (Å²) in [5, 5.41) is 0. The van der Waals surface area contributed by atoms with Crippen molar-refractivity contribution in [2.45, 2.75) is 143 Å². The van der Waals surface area contributed by atoms with Crippen LogP contribution in [0.15, 0.2) is 24.3 Å². The van der Waals surface area contributed by atoms with E-state index in [1.807, 2.05) is 0 Å². The zero-order valence-electron chi connectivity index (χ0n) is 28.5. The highest BCUT2D eigenvalue weighted by atomic mass is 16.5. The van der Waals surface area contributed by atoms with E-state index >= 15 is 0 Å². The van der Waals surface area contributed by atoms with E-state index in [1.165, 1.54) is 25.7 Å². The van der Waals surface area contributed by atoms with Gasteiger partial charge in [0, 0.05) is 35.2 Å². The van der Waals surface area contributed by atoms with Crippen LogP contribution in [0.4, 0.5) is 0 Å². The molecule has 0 amide bonds. The number of carbonyl (C=O) groups excluding carboxylic acids is 2. The Balaban J connectivity index is 1.56. The quantitative estimate of drug-likeness (QED) is 0.231. The molecule has 1 aromatic carbocycles. The summed E-state index contributed by atoms with van der Waals surface area (Å²) in [5.41, 5.74) is 1.32. The standard InChI is InChI=1S/C36H60N2O4/c1-11-33(7)21-19-27(5)35(9,13-3)37(33)23-25-41-31(39)29-15-17-30(18-16-29)32(40)42-26-24-38-34(8,12-2)22-20-28(6)36(38,10)14-4/h15-18,27-28H,11-14,19-26H2,1-10H3. The average molecular weight is 585 g/mol. The molecule has 238 valence electrons. The molecule has 0 radical (unpaired) electrons. The van der Waals surface area contributed by atoms with Crippen LogP contribution >= 0.6 is 0 Å². The Bertz CT molecular complexity index is 976. The lowest BCUT2D eigenvalue weighted by Crippen LogP contribution is -2.64. The zero-order valence-corrected chi connectivity index (χ0v) is 28.5. The summed E-state index contributed by atoms with van der Waals surface area (Å²) in [4.78, 5) is 31.0. The van der Waals surface area contributed by atoms with Gasteiger partial charge < -0.3 is 9.47 Å². The first kappa shape index (κ1) is 34.6. The van der Waals surface area contributed by atoms with Crippen molar-refractivity contribution >= 4 is 11.9 Å². The minimum Gasteiger partial charge on any atom is -0.461 e. The summed E-state index contributed by atoms with van der Waals surface area (Å²) >= 11 is 0. The number of nitrogens with zero attached hydrogens (tertiary/aromatic N) is 2. The molecule has 0 spiro atoms. The lowest BCUT2D eigenvalue weighted by Gasteiger charge is -2.58. The summed E-state index contributed by atoms with van der Waals surface area (Å²) in [6.45, 7) is 25.3. The largest absolute Gasteiger partial charge is 0.461 e. The number of piperidine rings is 2. The van der Waals surface area contributed by atoms with Crippen LogP contribution in [0.5, 0.6) is 0 Å². The molecule has 0 aliphatic carbocycles. The summed E-state index contributed by atoms with van der Waals surface area (Å²) in [7, 11) is 0. The highest BCUT2D eigenvalue weighted by Crippen LogP contribution is 2.46. The van der Waals surface area contributed by atoms with Crippen LogP contribution < -0.4 is 0 Å². The maximum Gasteiger partial charge on any atom is 0.338 e. The van der Waals surface area contributed by atoms with Crippen LogP contribution in [0.3, 0.4) is 0 Å². The van der Waals surface area contributed by atoms with Gasteiger partial charge in [0.05, 0.1) is 11.1 Å². The first-order chi connectivity index (χ1) is 19.7. The van der Waals surface area contributed by atoms with Gasteiger partial charge in [0.2, 0.25) is 0 Å². The molecule has 0 N–H and O–H groups in total. The Morgan fingerprint density at radius 1 is 0.667 bits per heavy atom. The number of hydrogen-bond acceptors (Lipinski definition) is 6. The van der Waals surface area contributed by atoms with Gasteiger partial charge in [-0.2, -0.15) is 0 Å². The number of benzene rings is 1. The Morgan fingerprint density at radius 3 is 1.29 bits per heavy atom. The SMILES string of the molecule is CCC1(C)CCC(C)C(C)(CC)N1CCOC(=O)c1ccc(C(=O)OCCN2C(C)(CC)CCC(C)C2(C)CC)cc1. The Hall–Kier alpha value is -1.92. The minimum atomic E-state index is -0.353. The molecule has 6 heteroatoms. The third kappa shape index (κ3) is 6.75. The Morgan fingerprint density at radius 2 is 1.00 bits per heavy atom. The van der Waals surface area contributed by atoms with Crippen LogP contribution in [0.25, 0.3) is 0 Å². The number of ether oxygens (including phenoxy) is 2. The van der Waals surface area contributed by atoms with E-state index in [4.69, 9.17) is 9.47 Å². The molecule has 1 aromatic rings. The second-order valence-corrected chi connectivity index (χ2v) is 14.2. The molecule has 6 nitrogen and oxygen atoms in total. The number of hydrogen-bond donors (Lipinski definition) is 0. The van der Waals surface area contributed by atoms with Crippen LogP contribution in [-0.4, -0.2) is 70.2 Å². The molecule has 6 atom stereocenters. The van der Waals surface area contributed by atoms with E-state index in [2.05, 4.69) is 79.0 Å². The molecule has 42 heavy (non-hydrogen) atoms. The van der Waals surface area contributed by atoms with Gasteiger partial charge >= 0.3 is 11.9 Å². The van der Waals surface area contributed by atoms with Crippen LogP contribution in [0, 0.1) is 11.8 Å². The fraction of sp³-hybridized carbons (Fsp3) is 0.778. The van der Waals surface area contributed by atoms with Crippen molar-refractivity contribution in [2.24, 2.45) is 11.8 Å². The molecule has 0 aromatic heterocycles. The molecule has 2 aliphatic rings. The highest BCUT2D eigenvalue weighted by Gasteiger charge is 2.49. The lowest BCUT2D eigenvalue weighted by molar-refractivity contribution is -0.0898. The fourth-order valence-corrected chi connectivity index (χ4v) is 7.94. The van der Waals surface area contributed by atoms with E-state index in [9.17, 15) is 9.59 Å². The molecule has 0 bridgehead atoms. The zero-order chi connectivity index (χ0) is 31.3. The van der Waals surface area contributed by atoms with Crippen molar-refractivity contribution in [3.63, 3.8) is 0 Å². The number of likely N-dealkylation sites (tertiary alicyclic amines) is 2. The molecule has 2 aliphatic heterocycles. The van der Waals surface area contributed by atoms with Gasteiger partial charge in [0.1, 0.15) is 13.2 Å². The molecule has 6 unspecified atom stereocenters. The third-order valence-corrected chi connectivity index (χ3v) is 12.3. The van der Waals surface area contributed by atoms with Gasteiger partial charge in [-0.25, -0.2) is 9.59 Å². The van der Waals surface area contributed by atoms with Gasteiger partial charge in [-0.1, -0.05) is 41.5 Å². The topological polar surface area (TPSA) is 59.1 Å². The van der Waals surface area contributed by atoms with E-state index in [1.54, 1.807) is 24.3 Å². The maximum absolute atomic E-state index is 12.9. The molecule has 2 fully saturated rings. The van der Waals surface area contributed by atoms with Crippen LogP contribution in [0.1, 0.15) is 141 Å². The van der Waals surface area contributed by atoms with E-state index in [-0.39, 0.29) is 34.1 Å². The van der Waals surface area contributed by atoms with Crippen molar-refractivity contribution in [1.29, 1.82) is 0 Å². The predicted octanol–water partition coefficient (Wildman–Crippen LogP) is 8.14. The van der Waals surface area contributed by atoms with Crippen molar-refractivity contribution in [3.8, 4) is 0 Å². The fourth-order valence-electron chi connectivity index (χ4n) is 7.94. The van der Waals surface area contributed by atoms with E-state index in [0.717, 1.165) is 38.8 Å². The molecule has 3 rings (SSSR count). The first-order valence-corrected chi connectivity index (χ1v) is 16.7. The van der Waals surface area contributed by atoms with Crippen LogP contribution in [0.2, 0.25) is 0 Å². The predicted molar refractivity (Wildman–Crippen MR) is 172 cm³/mol. The number of esters is 2. The Labute approximate surface area is 256 Å². The number of carbonyl (C=O) groups is 2. The second kappa shape index (κ2) is 13.8. The van der Waals surface area contributed by atoms with E-state index in [0.29, 0.717) is 36.2 Å². The average Bonchev–Trinajstić information content (AvgIpc) is 3.00. The summed E-state index contributed by atoms with van der Waals surface area (Å²) in [6.07, 6.45) is 9.09. The van der Waals surface area contributed by atoms with Crippen LogP contribution in [-0.2, 0) is 9.47 Å². The molecule has 2 saturated heterocycles. The molecule has 0 saturated carbocycles. The van der Waals surface area contributed by atoms with Gasteiger partial charge in [0.25, 0.3) is 0 Å². The maximum atomic E-state index is 12.9. The van der Waals surface area contributed by atoms with Crippen molar-refractivity contribution < 1.29 is 19.1 Å². The minimum absolute atomic E-state index is 0.0913. The molecule has 2 heterocycles. The summed E-state index contributed by atoms with van der Waals surface area (Å²) in [5.74, 6) is 0.489. The lowest BCUT2D eigenvalue weighted by atomic mass is 9.69. The molecular formula is C36H60N2O4. The monoisotopic (exact) mass is 584 g/mol. The molecular weight excluding hydrogens is 524 g/mol. The first-order valence-electron chi connectivity index (χ1n) is 16.7. The smallest absolute Gasteiger partial charge is 0.338 e. The summed E-state index contributed by atoms with van der Waals surface area (Å²) < 4.78 is 11.5. The van der Waals surface area contributed by atoms with Crippen molar-refractivity contribution in [2.75, 3.05) is 26.3 Å². The highest BCUT2D eigenvalue weighted by molar-refractivity contribution is 5.93. The van der Waals surface area contributed by atoms with Gasteiger partial charge in [0.15, 0.2) is 0 Å². The summed E-state index contributed by atoms with van der Waals surface area (Å²) in [6, 6.07) is 6.68. The Kier molecular flexibility index (Phi) is 11.4. The third-order valence-electron chi connectivity index (χ3n) is 12.3. The van der Waals surface area contributed by atoms with Gasteiger partial charge in [-0.15, -0.1) is 0 Å². The van der Waals surface area contributed by atoms with Crippen molar-refractivity contribution in [3.05, 3.63) is 35.4 Å². The van der Waals surface area contributed by atoms with Gasteiger partial charge in [-0.05, 0) is 115 Å². The normalized spacial score (nSPS) is 34.2. The van der Waals surface area contributed by atoms with Crippen molar-refractivity contribution in [1.82, 2.24) is 9.80 Å². The second-order valence-electron chi connectivity index (χ2n) is 14.2. The van der Waals surface area contributed by atoms with E-state index < -0.39 is 0 Å².